The third-order valence-electron chi connectivity index (χ3n) is 1.94. The number of aliphatic carboxylic acids is 1. The Kier molecular flexibility index (Phi) is 4.17. The van der Waals surface area contributed by atoms with Crippen LogP contribution >= 0.6 is 15.9 Å². The summed E-state index contributed by atoms with van der Waals surface area (Å²) < 4.78 is 24.7. The first-order valence-corrected chi connectivity index (χ1v) is 5.38. The van der Waals surface area contributed by atoms with Gasteiger partial charge in [0, 0.05) is 22.7 Å². The van der Waals surface area contributed by atoms with Crippen molar-refractivity contribution in [2.24, 2.45) is 0 Å². The van der Waals surface area contributed by atoms with E-state index in [4.69, 9.17) is 5.11 Å². The average Bonchev–Trinajstić information content (AvgIpc) is 2.16. The summed E-state index contributed by atoms with van der Waals surface area (Å²) in [5.74, 6) is -1.19. The third-order valence-corrected chi connectivity index (χ3v) is 2.50. The van der Waals surface area contributed by atoms with E-state index in [0.717, 1.165) is 6.07 Å². The van der Waals surface area contributed by atoms with Crippen molar-refractivity contribution >= 4 is 21.9 Å². The van der Waals surface area contributed by atoms with Gasteiger partial charge in [0.05, 0.1) is 12.1 Å². The fourth-order valence-electron chi connectivity index (χ4n) is 1.23. The first-order chi connectivity index (χ1) is 7.45. The molecule has 0 bridgehead atoms. The highest BCUT2D eigenvalue weighted by Crippen LogP contribution is 2.17. The fourth-order valence-corrected chi connectivity index (χ4v) is 1.84. The molecule has 0 saturated heterocycles. The van der Waals surface area contributed by atoms with Crippen LogP contribution in [-0.2, 0) is 16.5 Å². The summed E-state index contributed by atoms with van der Waals surface area (Å²) >= 11 is 3.01. The highest BCUT2D eigenvalue weighted by molar-refractivity contribution is 9.08. The minimum atomic E-state index is -2.83. The average molecular weight is 296 g/mol. The Balaban J connectivity index is 3.30. The van der Waals surface area contributed by atoms with Gasteiger partial charge in [-0.3, -0.25) is 9.59 Å². The van der Waals surface area contributed by atoms with Gasteiger partial charge in [0.1, 0.15) is 0 Å². The Morgan fingerprint density at radius 1 is 1.56 bits per heavy atom. The number of carbonyl (C=O) groups is 1. The van der Waals surface area contributed by atoms with Crippen molar-refractivity contribution < 1.29 is 18.7 Å². The van der Waals surface area contributed by atoms with Crippen LogP contribution in [0.4, 0.5) is 8.78 Å². The number of aromatic amines is 1. The quantitative estimate of drug-likeness (QED) is 0.833. The molecule has 0 aliphatic rings. The second-order valence-electron chi connectivity index (χ2n) is 3.05. The molecule has 88 valence electrons. The molecule has 0 aliphatic carbocycles. The molecule has 1 aromatic rings. The van der Waals surface area contributed by atoms with Gasteiger partial charge in [-0.1, -0.05) is 15.9 Å². The second kappa shape index (κ2) is 5.20. The Bertz CT molecular complexity index is 459. The van der Waals surface area contributed by atoms with Gasteiger partial charge in [-0.05, 0) is 0 Å². The number of hydrogen-bond donors (Lipinski definition) is 2. The Hall–Kier alpha value is -1.24. The van der Waals surface area contributed by atoms with E-state index < -0.39 is 29.9 Å². The van der Waals surface area contributed by atoms with Gasteiger partial charge in [-0.25, -0.2) is 8.78 Å². The third kappa shape index (κ3) is 2.88. The molecule has 0 aliphatic heterocycles. The lowest BCUT2D eigenvalue weighted by molar-refractivity contribution is -0.136. The van der Waals surface area contributed by atoms with E-state index in [0.29, 0.717) is 0 Å². The summed E-state index contributed by atoms with van der Waals surface area (Å²) in [5, 5.41) is 8.70. The molecule has 0 saturated carbocycles. The van der Waals surface area contributed by atoms with Crippen molar-refractivity contribution in [3.63, 3.8) is 0 Å². The number of nitrogens with one attached hydrogen (secondary N) is 1. The first-order valence-electron chi connectivity index (χ1n) is 4.26. The highest BCUT2D eigenvalue weighted by atomic mass is 79.9. The van der Waals surface area contributed by atoms with Crippen molar-refractivity contribution in [1.29, 1.82) is 0 Å². The van der Waals surface area contributed by atoms with Gasteiger partial charge in [-0.15, -0.1) is 0 Å². The zero-order valence-corrected chi connectivity index (χ0v) is 9.55. The molecule has 1 heterocycles. The number of pyridine rings is 1. The van der Waals surface area contributed by atoms with E-state index in [1.807, 2.05) is 0 Å². The van der Waals surface area contributed by atoms with Gasteiger partial charge >= 0.3 is 5.97 Å². The molecule has 0 radical (unpaired) electrons. The molecule has 0 unspecified atom stereocenters. The lowest BCUT2D eigenvalue weighted by Crippen LogP contribution is -2.17. The van der Waals surface area contributed by atoms with Crippen molar-refractivity contribution in [3.05, 3.63) is 33.2 Å². The summed E-state index contributed by atoms with van der Waals surface area (Å²) in [4.78, 5) is 24.2. The molecular weight excluding hydrogens is 288 g/mol. The Morgan fingerprint density at radius 2 is 2.19 bits per heavy atom. The number of carboxylic acids is 1. The number of rotatable bonds is 4. The van der Waals surface area contributed by atoms with Crippen LogP contribution < -0.4 is 5.43 Å². The summed E-state index contributed by atoms with van der Waals surface area (Å²) in [6, 6.07) is 0.784. The Morgan fingerprint density at radius 3 is 2.62 bits per heavy atom. The van der Waals surface area contributed by atoms with Crippen molar-refractivity contribution in [1.82, 2.24) is 4.98 Å². The van der Waals surface area contributed by atoms with Gasteiger partial charge in [0.15, 0.2) is 5.43 Å². The minimum absolute atomic E-state index is 0.00664. The fraction of sp³-hybridized carbons (Fsp3) is 0.333. The van der Waals surface area contributed by atoms with E-state index in [1.165, 1.54) is 0 Å². The maximum absolute atomic E-state index is 12.4. The zero-order valence-electron chi connectivity index (χ0n) is 7.97. The van der Waals surface area contributed by atoms with Crippen molar-refractivity contribution in [2.75, 3.05) is 0 Å². The van der Waals surface area contributed by atoms with Crippen LogP contribution in [0.2, 0.25) is 0 Å². The summed E-state index contributed by atoms with van der Waals surface area (Å²) in [5.41, 5.74) is -0.993. The van der Waals surface area contributed by atoms with Crippen LogP contribution in [0.5, 0.6) is 0 Å². The van der Waals surface area contributed by atoms with Crippen molar-refractivity contribution in [2.45, 2.75) is 18.2 Å². The van der Waals surface area contributed by atoms with Crippen LogP contribution in [0.25, 0.3) is 0 Å². The van der Waals surface area contributed by atoms with E-state index in [-0.39, 0.29) is 16.6 Å². The topological polar surface area (TPSA) is 70.2 Å². The highest BCUT2D eigenvalue weighted by Gasteiger charge is 2.15. The smallest absolute Gasteiger partial charge is 0.309 e. The van der Waals surface area contributed by atoms with Crippen LogP contribution in [0.1, 0.15) is 23.4 Å². The molecule has 1 rings (SSSR count). The lowest BCUT2D eigenvalue weighted by Gasteiger charge is -2.07. The predicted molar refractivity (Wildman–Crippen MR) is 56.0 cm³/mol. The molecule has 0 fully saturated rings. The molecule has 0 amide bonds. The second-order valence-corrected chi connectivity index (χ2v) is 3.61. The van der Waals surface area contributed by atoms with Crippen molar-refractivity contribution in [3.8, 4) is 0 Å². The number of alkyl halides is 3. The minimum Gasteiger partial charge on any atom is -0.481 e. The number of hydrogen-bond acceptors (Lipinski definition) is 2. The molecule has 0 atom stereocenters. The van der Waals surface area contributed by atoms with Gasteiger partial charge in [0.25, 0.3) is 6.43 Å². The van der Waals surface area contributed by atoms with Crippen LogP contribution in [-0.4, -0.2) is 16.1 Å². The Labute approximate surface area is 97.4 Å². The summed E-state index contributed by atoms with van der Waals surface area (Å²) in [7, 11) is 0. The zero-order chi connectivity index (χ0) is 12.3. The van der Waals surface area contributed by atoms with Crippen LogP contribution in [0.15, 0.2) is 10.9 Å². The summed E-state index contributed by atoms with van der Waals surface area (Å²) in [6.45, 7) is 0. The SMILES string of the molecule is O=C(O)Cc1[nH]c(C(F)F)cc(=O)c1CBr. The molecule has 2 N–H and O–H groups in total. The molecule has 16 heavy (non-hydrogen) atoms. The van der Waals surface area contributed by atoms with Crippen LogP contribution in [0, 0.1) is 0 Å². The first kappa shape index (κ1) is 12.8. The van der Waals surface area contributed by atoms with Gasteiger partial charge in [-0.2, -0.15) is 0 Å². The number of H-pyrrole nitrogens is 1. The standard InChI is InChI=1S/C9H8BrF2NO3/c10-3-4-5(2-8(15)16)13-6(9(11)12)1-7(4)14/h1,9H,2-3H2,(H,13,14)(H,15,16). The number of aromatic nitrogens is 1. The maximum atomic E-state index is 12.4. The van der Waals surface area contributed by atoms with E-state index in [1.54, 1.807) is 0 Å². The van der Waals surface area contributed by atoms with E-state index in [2.05, 4.69) is 20.9 Å². The largest absolute Gasteiger partial charge is 0.481 e. The molecule has 0 aromatic carbocycles. The van der Waals surface area contributed by atoms with E-state index in [9.17, 15) is 18.4 Å². The molecule has 0 spiro atoms. The van der Waals surface area contributed by atoms with Gasteiger partial charge in [0.2, 0.25) is 0 Å². The van der Waals surface area contributed by atoms with Gasteiger partial charge < -0.3 is 10.1 Å². The number of carboxylic acid groups (broad SMARTS) is 1. The molecule has 7 heteroatoms. The predicted octanol–water partition coefficient (Wildman–Crippen LogP) is 1.83. The normalized spacial score (nSPS) is 10.8. The van der Waals surface area contributed by atoms with E-state index >= 15 is 0 Å². The number of halogens is 3. The monoisotopic (exact) mass is 295 g/mol. The lowest BCUT2D eigenvalue weighted by atomic mass is 10.1. The molecule has 4 nitrogen and oxygen atoms in total. The molecular formula is C9H8BrF2NO3. The maximum Gasteiger partial charge on any atom is 0.309 e. The van der Waals surface area contributed by atoms with Crippen LogP contribution in [0.3, 0.4) is 0 Å². The molecule has 1 aromatic heterocycles. The summed E-state index contributed by atoms with van der Waals surface area (Å²) in [6.07, 6.45) is -3.32.